The number of hydrogen-bond donors (Lipinski definition) is 2. The van der Waals surface area contributed by atoms with Gasteiger partial charge in [0, 0.05) is 19.7 Å². The van der Waals surface area contributed by atoms with Crippen LogP contribution in [0.5, 0.6) is 5.75 Å². The van der Waals surface area contributed by atoms with Crippen molar-refractivity contribution in [2.45, 2.75) is 11.0 Å². The highest BCUT2D eigenvalue weighted by Crippen LogP contribution is 2.23. The second-order valence-corrected chi connectivity index (χ2v) is 7.79. The zero-order chi connectivity index (χ0) is 18.9. The zero-order valence-electron chi connectivity index (χ0n) is 14.2. The number of aromatic nitrogens is 1. The van der Waals surface area contributed by atoms with Crippen LogP contribution in [0.3, 0.4) is 0 Å². The lowest BCUT2D eigenvalue weighted by molar-refractivity contribution is 0.155. The summed E-state index contributed by atoms with van der Waals surface area (Å²) < 4.78 is 36.4. The van der Waals surface area contributed by atoms with Crippen molar-refractivity contribution in [2.24, 2.45) is 0 Å². The fraction of sp³-hybridized carbons (Fsp3) is 0.235. The molecule has 138 valence electrons. The molecule has 3 rings (SSSR count). The van der Waals surface area contributed by atoms with Gasteiger partial charge >= 0.3 is 5.76 Å². The van der Waals surface area contributed by atoms with Crippen molar-refractivity contribution in [1.29, 1.82) is 0 Å². The molecule has 0 aliphatic rings. The first-order valence-corrected chi connectivity index (χ1v) is 9.16. The third-order valence-corrected chi connectivity index (χ3v) is 5.85. The highest BCUT2D eigenvalue weighted by molar-refractivity contribution is 7.89. The van der Waals surface area contributed by atoms with Crippen molar-refractivity contribution in [3.63, 3.8) is 0 Å². The summed E-state index contributed by atoms with van der Waals surface area (Å²) in [5.41, 5.74) is 1.13. The van der Waals surface area contributed by atoms with Crippen LogP contribution in [0.4, 0.5) is 0 Å². The van der Waals surface area contributed by atoms with E-state index in [9.17, 15) is 18.3 Å². The molecule has 0 aliphatic heterocycles. The summed E-state index contributed by atoms with van der Waals surface area (Å²) in [5, 5.41) is 10.3. The van der Waals surface area contributed by atoms with Gasteiger partial charge in [-0.3, -0.25) is 4.98 Å². The third-order valence-electron chi connectivity index (χ3n) is 4.03. The molecule has 26 heavy (non-hydrogen) atoms. The van der Waals surface area contributed by atoms with Gasteiger partial charge in [-0.2, -0.15) is 4.31 Å². The van der Waals surface area contributed by atoms with E-state index in [0.29, 0.717) is 16.8 Å². The number of nitrogens with one attached hydrogen (secondary N) is 1. The SMILES string of the molecule is COc1ccc(C(O)CN(C)S(=O)(=O)c2ccc3[nH]c(=O)oc3c2)cc1. The Bertz CT molecular complexity index is 1070. The van der Waals surface area contributed by atoms with Crippen LogP contribution in [0.1, 0.15) is 11.7 Å². The fourth-order valence-corrected chi connectivity index (χ4v) is 3.73. The molecule has 1 heterocycles. The average molecular weight is 378 g/mol. The molecule has 0 radical (unpaired) electrons. The molecule has 0 amide bonds. The lowest BCUT2D eigenvalue weighted by Gasteiger charge is -2.21. The molecule has 2 N–H and O–H groups in total. The summed E-state index contributed by atoms with van der Waals surface area (Å²) in [5.74, 6) is -0.0129. The molecule has 0 aliphatic carbocycles. The monoisotopic (exact) mass is 378 g/mol. The predicted octanol–water partition coefficient (Wildman–Crippen LogP) is 1.48. The molecule has 0 bridgehead atoms. The summed E-state index contributed by atoms with van der Waals surface area (Å²) in [6.07, 6.45) is -1.00. The number of aromatic amines is 1. The maximum Gasteiger partial charge on any atom is 0.417 e. The van der Waals surface area contributed by atoms with Gasteiger partial charge in [-0.05, 0) is 29.8 Å². The van der Waals surface area contributed by atoms with Gasteiger partial charge < -0.3 is 14.3 Å². The number of aliphatic hydroxyl groups excluding tert-OH is 1. The second-order valence-electron chi connectivity index (χ2n) is 5.75. The number of aliphatic hydroxyl groups is 1. The second kappa shape index (κ2) is 6.94. The number of likely N-dealkylation sites (N-methyl/N-ethyl adjacent to an activating group) is 1. The lowest BCUT2D eigenvalue weighted by Crippen LogP contribution is -2.31. The summed E-state index contributed by atoms with van der Waals surface area (Å²) in [6, 6.07) is 10.8. The topological polar surface area (TPSA) is 113 Å². The smallest absolute Gasteiger partial charge is 0.417 e. The van der Waals surface area contributed by atoms with E-state index >= 15 is 0 Å². The van der Waals surface area contributed by atoms with Crippen molar-refractivity contribution in [3.8, 4) is 5.75 Å². The largest absolute Gasteiger partial charge is 0.497 e. The van der Waals surface area contributed by atoms with Gasteiger partial charge in [0.05, 0.1) is 23.6 Å². The number of fused-ring (bicyclic) bond motifs is 1. The van der Waals surface area contributed by atoms with E-state index < -0.39 is 21.9 Å². The van der Waals surface area contributed by atoms with Crippen LogP contribution in [0.2, 0.25) is 0 Å². The van der Waals surface area contributed by atoms with Gasteiger partial charge in [0.25, 0.3) is 0 Å². The summed E-state index contributed by atoms with van der Waals surface area (Å²) in [6.45, 7) is -0.135. The summed E-state index contributed by atoms with van der Waals surface area (Å²) in [7, 11) is -0.953. The van der Waals surface area contributed by atoms with Crippen LogP contribution in [0.25, 0.3) is 11.1 Å². The molecule has 2 aromatic carbocycles. The first-order valence-electron chi connectivity index (χ1n) is 7.72. The average Bonchev–Trinajstić information content (AvgIpc) is 3.00. The Kier molecular flexibility index (Phi) is 4.86. The maximum absolute atomic E-state index is 12.7. The molecule has 0 saturated heterocycles. The Morgan fingerprint density at radius 1 is 1.23 bits per heavy atom. The number of oxazole rings is 1. The van der Waals surface area contributed by atoms with E-state index in [1.807, 2.05) is 0 Å². The first kappa shape index (κ1) is 18.2. The van der Waals surface area contributed by atoms with Crippen LogP contribution in [0, 0.1) is 0 Å². The summed E-state index contributed by atoms with van der Waals surface area (Å²) >= 11 is 0. The predicted molar refractivity (Wildman–Crippen MR) is 94.6 cm³/mol. The van der Waals surface area contributed by atoms with Crippen LogP contribution >= 0.6 is 0 Å². The highest BCUT2D eigenvalue weighted by Gasteiger charge is 2.24. The fourth-order valence-electron chi connectivity index (χ4n) is 2.54. The number of sulfonamides is 1. The minimum atomic E-state index is -3.86. The number of hydrogen-bond acceptors (Lipinski definition) is 6. The maximum atomic E-state index is 12.7. The number of nitrogens with zero attached hydrogens (tertiary/aromatic N) is 1. The standard InChI is InChI=1S/C17H18N2O6S/c1-19(10-15(20)11-3-5-12(24-2)6-4-11)26(22,23)13-7-8-14-16(9-13)25-17(21)18-14/h3-9,15,20H,10H2,1-2H3,(H,18,21). The van der Waals surface area contributed by atoms with Crippen molar-refractivity contribution in [1.82, 2.24) is 9.29 Å². The summed E-state index contributed by atoms with van der Waals surface area (Å²) in [4.78, 5) is 13.6. The van der Waals surface area contributed by atoms with Crippen LogP contribution in [-0.4, -0.2) is 43.5 Å². The third kappa shape index (κ3) is 3.50. The normalized spacial score (nSPS) is 13.2. The number of H-pyrrole nitrogens is 1. The van der Waals surface area contributed by atoms with Gasteiger partial charge in [0.15, 0.2) is 5.58 Å². The van der Waals surface area contributed by atoms with E-state index in [1.165, 1.54) is 32.4 Å². The van der Waals surface area contributed by atoms with Crippen molar-refractivity contribution < 1.29 is 22.7 Å². The Balaban J connectivity index is 1.81. The van der Waals surface area contributed by atoms with Crippen molar-refractivity contribution in [2.75, 3.05) is 20.7 Å². The Labute approximate surface area is 149 Å². The molecule has 0 fully saturated rings. The van der Waals surface area contributed by atoms with Crippen molar-refractivity contribution in [3.05, 3.63) is 58.6 Å². The zero-order valence-corrected chi connectivity index (χ0v) is 15.0. The van der Waals surface area contributed by atoms with Gasteiger partial charge in [0.1, 0.15) is 5.75 Å². The molecule has 1 atom stereocenters. The molecular formula is C17H18N2O6S. The van der Waals surface area contributed by atoms with Gasteiger partial charge in [-0.1, -0.05) is 12.1 Å². The Morgan fingerprint density at radius 3 is 2.58 bits per heavy atom. The molecule has 9 heteroatoms. The number of benzene rings is 2. The van der Waals surface area contributed by atoms with Crippen LogP contribution in [0.15, 0.2) is 56.6 Å². The van der Waals surface area contributed by atoms with Crippen LogP contribution < -0.4 is 10.5 Å². The van der Waals surface area contributed by atoms with E-state index in [1.54, 1.807) is 24.3 Å². The van der Waals surface area contributed by atoms with E-state index in [0.717, 1.165) is 4.31 Å². The quantitative estimate of drug-likeness (QED) is 0.672. The molecule has 0 saturated carbocycles. The molecule has 3 aromatic rings. The molecular weight excluding hydrogens is 360 g/mol. The van der Waals surface area contributed by atoms with Crippen molar-refractivity contribution >= 4 is 21.1 Å². The van der Waals surface area contributed by atoms with E-state index in [-0.39, 0.29) is 17.0 Å². The number of rotatable bonds is 6. The van der Waals surface area contributed by atoms with E-state index in [4.69, 9.17) is 9.15 Å². The van der Waals surface area contributed by atoms with Gasteiger partial charge in [-0.25, -0.2) is 13.2 Å². The first-order chi connectivity index (χ1) is 12.3. The minimum absolute atomic E-state index is 0.0304. The molecule has 8 nitrogen and oxygen atoms in total. The Morgan fingerprint density at radius 2 is 1.92 bits per heavy atom. The molecule has 1 aromatic heterocycles. The number of ether oxygens (including phenoxy) is 1. The molecule has 1 unspecified atom stereocenters. The highest BCUT2D eigenvalue weighted by atomic mass is 32.2. The van der Waals surface area contributed by atoms with Gasteiger partial charge in [-0.15, -0.1) is 0 Å². The lowest BCUT2D eigenvalue weighted by atomic mass is 10.1. The number of methoxy groups -OCH3 is 1. The Hall–Kier alpha value is -2.62. The van der Waals surface area contributed by atoms with Crippen LogP contribution in [-0.2, 0) is 10.0 Å². The van der Waals surface area contributed by atoms with E-state index in [2.05, 4.69) is 4.98 Å². The minimum Gasteiger partial charge on any atom is -0.497 e. The van der Waals surface area contributed by atoms with Gasteiger partial charge in [0.2, 0.25) is 10.0 Å². The molecule has 0 spiro atoms.